The molecule has 0 saturated carbocycles. The van der Waals surface area contributed by atoms with E-state index in [2.05, 4.69) is 0 Å². The molecule has 18 heavy (non-hydrogen) atoms. The van der Waals surface area contributed by atoms with Gasteiger partial charge in [-0.2, -0.15) is 0 Å². The van der Waals surface area contributed by atoms with Crippen molar-refractivity contribution in [2.75, 3.05) is 66.4 Å². The second-order valence-corrected chi connectivity index (χ2v) is 3.26. The molecule has 0 fully saturated rings. The van der Waals surface area contributed by atoms with Gasteiger partial charge in [0.25, 0.3) is 0 Å². The summed E-state index contributed by atoms with van der Waals surface area (Å²) in [6, 6.07) is 0. The maximum atomic E-state index is 5.29. The molecule has 0 radical (unpaired) electrons. The monoisotopic (exact) mass is 266 g/mol. The van der Waals surface area contributed by atoms with E-state index in [0.29, 0.717) is 66.4 Å². The van der Waals surface area contributed by atoms with Crippen LogP contribution in [-0.2, 0) is 28.4 Å². The van der Waals surface area contributed by atoms with Gasteiger partial charge in [-0.3, -0.25) is 0 Å². The summed E-state index contributed by atoms with van der Waals surface area (Å²) < 4.78 is 30.9. The van der Waals surface area contributed by atoms with E-state index in [9.17, 15) is 0 Å². The molecule has 110 valence electrons. The zero-order valence-electron chi connectivity index (χ0n) is 11.5. The highest BCUT2D eigenvalue weighted by Gasteiger charge is 1.92. The fourth-order valence-electron chi connectivity index (χ4n) is 0.960. The minimum Gasteiger partial charge on any atom is -0.377 e. The minimum atomic E-state index is 0.327. The molecule has 0 rings (SSSR count). The normalized spacial score (nSPS) is 11.0. The lowest BCUT2D eigenvalue weighted by molar-refractivity contribution is -0.0775. The molecule has 0 saturated heterocycles. The van der Waals surface area contributed by atoms with Crippen molar-refractivity contribution in [3.8, 4) is 0 Å². The van der Waals surface area contributed by atoms with Crippen molar-refractivity contribution in [3.05, 3.63) is 0 Å². The molecular weight excluding hydrogens is 240 g/mol. The van der Waals surface area contributed by atoms with Crippen LogP contribution in [0.5, 0.6) is 0 Å². The van der Waals surface area contributed by atoms with E-state index < -0.39 is 0 Å². The average molecular weight is 266 g/mol. The maximum Gasteiger partial charge on any atom is 0.146 e. The number of hydrogen-bond donors (Lipinski definition) is 0. The van der Waals surface area contributed by atoms with Crippen molar-refractivity contribution < 1.29 is 28.4 Å². The number of ether oxygens (including phenoxy) is 6. The average Bonchev–Trinajstić information content (AvgIpc) is 2.39. The summed E-state index contributed by atoms with van der Waals surface area (Å²) in [6.45, 7) is 9.14. The molecule has 0 amide bonds. The summed E-state index contributed by atoms with van der Waals surface area (Å²) >= 11 is 0. The first kappa shape index (κ1) is 17.8. The molecule has 0 aliphatic heterocycles. The Morgan fingerprint density at radius 1 is 0.444 bits per heavy atom. The molecule has 0 spiro atoms. The third kappa shape index (κ3) is 15.8. The van der Waals surface area contributed by atoms with Crippen molar-refractivity contribution in [2.24, 2.45) is 0 Å². The molecule has 0 bridgehead atoms. The highest BCUT2D eigenvalue weighted by atomic mass is 16.7. The standard InChI is InChI=1S/C12H26O6/c1-3-13-11-17-9-7-15-5-6-16-8-10-18-12-14-4-2/h3-12H2,1-2H3. The second-order valence-electron chi connectivity index (χ2n) is 3.26. The first-order valence-corrected chi connectivity index (χ1v) is 6.38. The Hall–Kier alpha value is -0.240. The Balaban J connectivity index is 2.86. The van der Waals surface area contributed by atoms with Gasteiger partial charge in [-0.25, -0.2) is 0 Å². The third-order valence-corrected chi connectivity index (χ3v) is 1.86. The van der Waals surface area contributed by atoms with Gasteiger partial charge in [0.2, 0.25) is 0 Å². The summed E-state index contributed by atoms with van der Waals surface area (Å²) in [5.41, 5.74) is 0. The predicted octanol–water partition coefficient (Wildman–Crippen LogP) is 1.04. The SMILES string of the molecule is CCOCOCCOCCOCCOCOCC. The summed E-state index contributed by atoms with van der Waals surface area (Å²) in [4.78, 5) is 0. The lowest BCUT2D eigenvalue weighted by Crippen LogP contribution is -2.13. The summed E-state index contributed by atoms with van der Waals surface area (Å²) in [7, 11) is 0. The van der Waals surface area contributed by atoms with Gasteiger partial charge < -0.3 is 28.4 Å². The molecule has 0 aromatic rings. The van der Waals surface area contributed by atoms with Crippen molar-refractivity contribution in [1.82, 2.24) is 0 Å². The van der Waals surface area contributed by atoms with Crippen LogP contribution in [-0.4, -0.2) is 66.4 Å². The molecule has 6 nitrogen and oxygen atoms in total. The zero-order valence-corrected chi connectivity index (χ0v) is 11.5. The Morgan fingerprint density at radius 2 is 0.778 bits per heavy atom. The summed E-state index contributed by atoms with van der Waals surface area (Å²) in [5.74, 6) is 0. The van der Waals surface area contributed by atoms with Crippen LogP contribution in [0.2, 0.25) is 0 Å². The Bertz CT molecular complexity index is 129. The Kier molecular flexibility index (Phi) is 16.5. The highest BCUT2D eigenvalue weighted by molar-refractivity contribution is 4.33. The topological polar surface area (TPSA) is 55.4 Å². The van der Waals surface area contributed by atoms with Gasteiger partial charge in [-0.15, -0.1) is 0 Å². The van der Waals surface area contributed by atoms with E-state index in [1.54, 1.807) is 0 Å². The van der Waals surface area contributed by atoms with Gasteiger partial charge in [0.1, 0.15) is 13.6 Å². The van der Waals surface area contributed by atoms with Crippen molar-refractivity contribution >= 4 is 0 Å². The highest BCUT2D eigenvalue weighted by Crippen LogP contribution is 1.84. The largest absolute Gasteiger partial charge is 0.377 e. The van der Waals surface area contributed by atoms with E-state index in [4.69, 9.17) is 28.4 Å². The van der Waals surface area contributed by atoms with Gasteiger partial charge in [0.05, 0.1) is 39.6 Å². The minimum absolute atomic E-state index is 0.327. The van der Waals surface area contributed by atoms with E-state index in [0.717, 1.165) is 0 Å². The molecule has 0 aromatic carbocycles. The fourth-order valence-corrected chi connectivity index (χ4v) is 0.960. The molecule has 0 aromatic heterocycles. The van der Waals surface area contributed by atoms with Gasteiger partial charge in [0, 0.05) is 13.2 Å². The van der Waals surface area contributed by atoms with Crippen molar-refractivity contribution in [3.63, 3.8) is 0 Å². The van der Waals surface area contributed by atoms with E-state index >= 15 is 0 Å². The van der Waals surface area contributed by atoms with Gasteiger partial charge in [0.15, 0.2) is 0 Å². The summed E-state index contributed by atoms with van der Waals surface area (Å²) in [5, 5.41) is 0. The number of hydrogen-bond acceptors (Lipinski definition) is 6. The maximum absolute atomic E-state index is 5.29. The van der Waals surface area contributed by atoms with Gasteiger partial charge in [-0.05, 0) is 13.8 Å². The van der Waals surface area contributed by atoms with Crippen LogP contribution in [0, 0.1) is 0 Å². The first-order valence-electron chi connectivity index (χ1n) is 6.38. The van der Waals surface area contributed by atoms with E-state index in [1.165, 1.54) is 0 Å². The quantitative estimate of drug-likeness (QED) is 0.326. The zero-order chi connectivity index (χ0) is 13.3. The second kappa shape index (κ2) is 16.8. The van der Waals surface area contributed by atoms with Crippen molar-refractivity contribution in [1.29, 1.82) is 0 Å². The van der Waals surface area contributed by atoms with Crippen molar-refractivity contribution in [2.45, 2.75) is 13.8 Å². The molecule has 6 heteroatoms. The van der Waals surface area contributed by atoms with Crippen LogP contribution >= 0.6 is 0 Å². The van der Waals surface area contributed by atoms with Crippen LogP contribution in [0.4, 0.5) is 0 Å². The molecule has 0 unspecified atom stereocenters. The molecule has 0 aliphatic rings. The van der Waals surface area contributed by atoms with Gasteiger partial charge >= 0.3 is 0 Å². The Morgan fingerprint density at radius 3 is 1.11 bits per heavy atom. The predicted molar refractivity (Wildman–Crippen MR) is 66.5 cm³/mol. The molecule has 0 atom stereocenters. The van der Waals surface area contributed by atoms with Crippen LogP contribution in [0.15, 0.2) is 0 Å². The van der Waals surface area contributed by atoms with Crippen LogP contribution in [0.1, 0.15) is 13.8 Å². The molecule has 0 heterocycles. The molecular formula is C12H26O6. The first-order chi connectivity index (χ1) is 8.91. The van der Waals surface area contributed by atoms with Gasteiger partial charge in [-0.1, -0.05) is 0 Å². The lowest BCUT2D eigenvalue weighted by atomic mass is 10.7. The summed E-state index contributed by atoms with van der Waals surface area (Å²) in [6.07, 6.45) is 0. The fraction of sp³-hybridized carbons (Fsp3) is 1.00. The lowest BCUT2D eigenvalue weighted by Gasteiger charge is -2.07. The molecule has 0 aliphatic carbocycles. The van der Waals surface area contributed by atoms with E-state index in [-0.39, 0.29) is 0 Å². The number of rotatable bonds is 15. The van der Waals surface area contributed by atoms with Crippen LogP contribution in [0.25, 0.3) is 0 Å². The van der Waals surface area contributed by atoms with E-state index in [1.807, 2.05) is 13.8 Å². The van der Waals surface area contributed by atoms with Crippen LogP contribution in [0.3, 0.4) is 0 Å². The smallest absolute Gasteiger partial charge is 0.146 e. The third-order valence-electron chi connectivity index (χ3n) is 1.86. The molecule has 0 N–H and O–H groups in total. The Labute approximate surface area is 109 Å². The van der Waals surface area contributed by atoms with Crippen LogP contribution < -0.4 is 0 Å².